The van der Waals surface area contributed by atoms with Crippen molar-refractivity contribution in [1.29, 1.82) is 0 Å². The number of H-pyrrole nitrogens is 1. The van der Waals surface area contributed by atoms with Gasteiger partial charge in [0.15, 0.2) is 0 Å². The van der Waals surface area contributed by atoms with Gasteiger partial charge in [0.05, 0.1) is 11.4 Å². The zero-order valence-electron chi connectivity index (χ0n) is 5.67. The van der Waals surface area contributed by atoms with Gasteiger partial charge in [0.1, 0.15) is 0 Å². The van der Waals surface area contributed by atoms with E-state index >= 15 is 0 Å². The van der Waals surface area contributed by atoms with Crippen LogP contribution in [0.2, 0.25) is 0 Å². The van der Waals surface area contributed by atoms with E-state index in [0.717, 1.165) is 11.4 Å². The number of nitrogens with one attached hydrogen (secondary N) is 1. The number of aromatic nitrogens is 3. The van der Waals surface area contributed by atoms with E-state index in [1.165, 1.54) is 12.8 Å². The Morgan fingerprint density at radius 2 is 2.30 bits per heavy atom. The SMILES string of the molecule is NCc1n[nH]nc1C1CC1. The summed E-state index contributed by atoms with van der Waals surface area (Å²) in [6.07, 6.45) is 2.50. The minimum atomic E-state index is 0.502. The average molecular weight is 138 g/mol. The largest absolute Gasteiger partial charge is 0.325 e. The van der Waals surface area contributed by atoms with Gasteiger partial charge in [-0.05, 0) is 12.8 Å². The Morgan fingerprint density at radius 1 is 1.50 bits per heavy atom. The molecule has 0 atom stereocenters. The van der Waals surface area contributed by atoms with Crippen LogP contribution >= 0.6 is 0 Å². The molecule has 2 rings (SSSR count). The predicted octanol–water partition coefficient (Wildman–Crippen LogP) is 0.141. The van der Waals surface area contributed by atoms with Crippen LogP contribution in [0.25, 0.3) is 0 Å². The van der Waals surface area contributed by atoms with Crippen LogP contribution in [0.1, 0.15) is 30.1 Å². The van der Waals surface area contributed by atoms with E-state index in [2.05, 4.69) is 15.4 Å². The van der Waals surface area contributed by atoms with E-state index in [0.29, 0.717) is 12.5 Å². The van der Waals surface area contributed by atoms with E-state index in [9.17, 15) is 0 Å². The van der Waals surface area contributed by atoms with Gasteiger partial charge in [-0.3, -0.25) is 0 Å². The van der Waals surface area contributed by atoms with E-state index in [-0.39, 0.29) is 0 Å². The quantitative estimate of drug-likeness (QED) is 0.610. The summed E-state index contributed by atoms with van der Waals surface area (Å²) in [6.45, 7) is 0.502. The van der Waals surface area contributed by atoms with Crippen LogP contribution in [0.15, 0.2) is 0 Å². The minimum absolute atomic E-state index is 0.502. The van der Waals surface area contributed by atoms with E-state index in [4.69, 9.17) is 5.73 Å². The molecule has 0 aromatic carbocycles. The molecule has 1 aliphatic carbocycles. The third-order valence-electron chi connectivity index (χ3n) is 1.81. The summed E-state index contributed by atoms with van der Waals surface area (Å²) in [7, 11) is 0. The molecule has 54 valence electrons. The Balaban J connectivity index is 2.28. The van der Waals surface area contributed by atoms with Gasteiger partial charge in [-0.25, -0.2) is 0 Å². The maximum absolute atomic E-state index is 5.44. The fraction of sp³-hybridized carbons (Fsp3) is 0.667. The monoisotopic (exact) mass is 138 g/mol. The van der Waals surface area contributed by atoms with Crippen LogP contribution in [0.3, 0.4) is 0 Å². The number of aromatic amines is 1. The molecule has 1 aliphatic rings. The Bertz CT molecular complexity index is 225. The van der Waals surface area contributed by atoms with Gasteiger partial charge in [-0.2, -0.15) is 15.4 Å². The minimum Gasteiger partial charge on any atom is -0.325 e. The maximum atomic E-state index is 5.44. The normalized spacial score (nSPS) is 17.7. The van der Waals surface area contributed by atoms with Crippen LogP contribution in [-0.2, 0) is 6.54 Å². The Morgan fingerprint density at radius 3 is 2.90 bits per heavy atom. The highest BCUT2D eigenvalue weighted by Crippen LogP contribution is 2.39. The topological polar surface area (TPSA) is 67.6 Å². The molecular weight excluding hydrogens is 128 g/mol. The lowest BCUT2D eigenvalue weighted by Crippen LogP contribution is -1.99. The number of nitrogens with two attached hydrogens (primary N) is 1. The van der Waals surface area contributed by atoms with Crippen LogP contribution in [0, 0.1) is 0 Å². The fourth-order valence-corrected chi connectivity index (χ4v) is 1.09. The summed E-state index contributed by atoms with van der Waals surface area (Å²) >= 11 is 0. The third-order valence-corrected chi connectivity index (χ3v) is 1.81. The van der Waals surface area contributed by atoms with Gasteiger partial charge in [-0.1, -0.05) is 0 Å². The first-order chi connectivity index (χ1) is 4.92. The van der Waals surface area contributed by atoms with Crippen molar-refractivity contribution >= 4 is 0 Å². The first-order valence-electron chi connectivity index (χ1n) is 3.51. The highest BCUT2D eigenvalue weighted by molar-refractivity contribution is 5.18. The molecule has 0 radical (unpaired) electrons. The van der Waals surface area contributed by atoms with Crippen molar-refractivity contribution in [3.05, 3.63) is 11.4 Å². The highest BCUT2D eigenvalue weighted by atomic mass is 15.3. The lowest BCUT2D eigenvalue weighted by molar-refractivity contribution is 0.894. The summed E-state index contributed by atoms with van der Waals surface area (Å²) in [5.41, 5.74) is 7.46. The van der Waals surface area contributed by atoms with E-state index in [1.807, 2.05) is 0 Å². The first-order valence-corrected chi connectivity index (χ1v) is 3.51. The van der Waals surface area contributed by atoms with E-state index < -0.39 is 0 Å². The van der Waals surface area contributed by atoms with Gasteiger partial charge >= 0.3 is 0 Å². The number of hydrogen-bond donors (Lipinski definition) is 2. The van der Waals surface area contributed by atoms with E-state index in [1.54, 1.807) is 0 Å². The molecule has 0 saturated heterocycles. The molecule has 3 N–H and O–H groups in total. The molecule has 1 saturated carbocycles. The molecule has 0 amide bonds. The zero-order chi connectivity index (χ0) is 6.97. The zero-order valence-corrected chi connectivity index (χ0v) is 5.67. The molecule has 4 nitrogen and oxygen atoms in total. The molecule has 4 heteroatoms. The molecule has 0 bridgehead atoms. The fourth-order valence-electron chi connectivity index (χ4n) is 1.09. The highest BCUT2D eigenvalue weighted by Gasteiger charge is 2.28. The molecule has 0 spiro atoms. The standard InChI is InChI=1S/C6H10N4/c7-3-5-6(4-1-2-4)9-10-8-5/h4H,1-3,7H2,(H,8,9,10). The summed E-state index contributed by atoms with van der Waals surface area (Å²) in [4.78, 5) is 0. The Hall–Kier alpha value is -0.900. The molecule has 1 fully saturated rings. The molecule has 1 aromatic rings. The number of nitrogens with zero attached hydrogens (tertiary/aromatic N) is 2. The summed E-state index contributed by atoms with van der Waals surface area (Å²) in [5.74, 6) is 0.650. The van der Waals surface area contributed by atoms with Crippen molar-refractivity contribution < 1.29 is 0 Å². The average Bonchev–Trinajstić information content (AvgIpc) is 2.69. The maximum Gasteiger partial charge on any atom is 0.0995 e. The summed E-state index contributed by atoms with van der Waals surface area (Å²) < 4.78 is 0. The van der Waals surface area contributed by atoms with Crippen molar-refractivity contribution in [1.82, 2.24) is 15.4 Å². The predicted molar refractivity (Wildman–Crippen MR) is 36.2 cm³/mol. The van der Waals surface area contributed by atoms with Crippen LogP contribution in [0.4, 0.5) is 0 Å². The molecule has 10 heavy (non-hydrogen) atoms. The van der Waals surface area contributed by atoms with Gasteiger partial charge in [0, 0.05) is 12.5 Å². The van der Waals surface area contributed by atoms with Gasteiger partial charge in [0.25, 0.3) is 0 Å². The molecule has 1 aromatic heterocycles. The molecular formula is C6H10N4. The van der Waals surface area contributed by atoms with Crippen LogP contribution in [0.5, 0.6) is 0 Å². The number of rotatable bonds is 2. The van der Waals surface area contributed by atoms with Crippen molar-refractivity contribution in [3.8, 4) is 0 Å². The third kappa shape index (κ3) is 0.806. The van der Waals surface area contributed by atoms with Crippen molar-refractivity contribution in [2.24, 2.45) is 5.73 Å². The molecule has 0 aliphatic heterocycles. The first kappa shape index (κ1) is 5.85. The summed E-state index contributed by atoms with van der Waals surface area (Å²) in [6, 6.07) is 0. The van der Waals surface area contributed by atoms with Gasteiger partial charge in [0.2, 0.25) is 0 Å². The molecule has 1 heterocycles. The smallest absolute Gasteiger partial charge is 0.0995 e. The Labute approximate surface area is 58.8 Å². The van der Waals surface area contributed by atoms with Gasteiger partial charge < -0.3 is 5.73 Å². The van der Waals surface area contributed by atoms with Crippen molar-refractivity contribution in [2.45, 2.75) is 25.3 Å². The summed E-state index contributed by atoms with van der Waals surface area (Å²) in [5, 5.41) is 10.6. The van der Waals surface area contributed by atoms with Gasteiger partial charge in [-0.15, -0.1) is 0 Å². The second-order valence-electron chi connectivity index (χ2n) is 2.63. The lowest BCUT2D eigenvalue weighted by atomic mass is 10.2. The van der Waals surface area contributed by atoms with Crippen LogP contribution < -0.4 is 5.73 Å². The van der Waals surface area contributed by atoms with Crippen molar-refractivity contribution in [3.63, 3.8) is 0 Å². The lowest BCUT2D eigenvalue weighted by Gasteiger charge is -1.90. The van der Waals surface area contributed by atoms with Crippen LogP contribution in [-0.4, -0.2) is 15.4 Å². The molecule has 0 unspecified atom stereocenters. The van der Waals surface area contributed by atoms with Crippen molar-refractivity contribution in [2.75, 3.05) is 0 Å². The Kier molecular flexibility index (Phi) is 1.20. The number of hydrogen-bond acceptors (Lipinski definition) is 3. The second kappa shape index (κ2) is 2.05. The second-order valence-corrected chi connectivity index (χ2v) is 2.63.